The number of carbonyl (C=O) groups is 2. The van der Waals surface area contributed by atoms with Crippen molar-refractivity contribution in [3.8, 4) is 5.75 Å². The van der Waals surface area contributed by atoms with Crippen LogP contribution in [-0.4, -0.2) is 23.7 Å². The first kappa shape index (κ1) is 25.3. The Morgan fingerprint density at radius 3 is 2.47 bits per heavy atom. The van der Waals surface area contributed by atoms with Crippen LogP contribution in [0.1, 0.15) is 45.2 Å². The number of halogens is 1. The number of carbonyl (C=O) groups excluding carboxylic acids is 2. The fourth-order valence-corrected chi connectivity index (χ4v) is 3.66. The van der Waals surface area contributed by atoms with Crippen molar-refractivity contribution >= 4 is 34.6 Å². The third-order valence-electron chi connectivity index (χ3n) is 4.87. The molecule has 1 atom stereocenters. The molecule has 7 nitrogen and oxygen atoms in total. The second-order valence-electron chi connectivity index (χ2n) is 8.93. The van der Waals surface area contributed by atoms with Gasteiger partial charge < -0.3 is 19.2 Å². The SMILES string of the molecule is CCCc1cc(=O)oc2cc(OC(=O)[C@@H](Cc3ccccc3)NC(=O)OC(C)(C)C)c(Cl)cc12. The number of aryl methyl sites for hydroxylation is 1. The number of ether oxygens (including phenoxy) is 2. The van der Waals surface area contributed by atoms with Gasteiger partial charge in [-0.3, -0.25) is 0 Å². The van der Waals surface area contributed by atoms with Crippen molar-refractivity contribution < 1.29 is 23.5 Å². The minimum Gasteiger partial charge on any atom is -0.444 e. The molecule has 0 radical (unpaired) electrons. The molecule has 0 saturated carbocycles. The highest BCUT2D eigenvalue weighted by Gasteiger charge is 2.27. The number of alkyl carbamates (subject to hydrolysis) is 1. The van der Waals surface area contributed by atoms with E-state index in [1.54, 1.807) is 26.8 Å². The zero-order valence-corrected chi connectivity index (χ0v) is 20.4. The normalized spacial score (nSPS) is 12.3. The minimum atomic E-state index is -1.04. The van der Waals surface area contributed by atoms with Gasteiger partial charge in [0.1, 0.15) is 17.2 Å². The molecule has 0 aliphatic heterocycles. The quantitative estimate of drug-likeness (QED) is 0.272. The van der Waals surface area contributed by atoms with E-state index in [-0.39, 0.29) is 22.8 Å². The maximum Gasteiger partial charge on any atom is 0.408 e. The number of nitrogens with one attached hydrogen (secondary N) is 1. The summed E-state index contributed by atoms with van der Waals surface area (Å²) in [6.45, 7) is 7.19. The molecular weight excluding hydrogens is 458 g/mol. The van der Waals surface area contributed by atoms with E-state index >= 15 is 0 Å². The van der Waals surface area contributed by atoms with Crippen LogP contribution in [0.4, 0.5) is 4.79 Å². The third kappa shape index (κ3) is 6.84. The second-order valence-corrected chi connectivity index (χ2v) is 9.34. The van der Waals surface area contributed by atoms with Gasteiger partial charge in [-0.2, -0.15) is 0 Å². The van der Waals surface area contributed by atoms with E-state index in [2.05, 4.69) is 5.32 Å². The van der Waals surface area contributed by atoms with Gasteiger partial charge in [-0.15, -0.1) is 0 Å². The third-order valence-corrected chi connectivity index (χ3v) is 5.17. The number of hydrogen-bond acceptors (Lipinski definition) is 6. The molecule has 1 N–H and O–H groups in total. The highest BCUT2D eigenvalue weighted by Crippen LogP contribution is 2.32. The molecule has 3 rings (SSSR count). The lowest BCUT2D eigenvalue weighted by atomic mass is 10.1. The Balaban J connectivity index is 1.89. The number of benzene rings is 2. The van der Waals surface area contributed by atoms with Crippen LogP contribution in [0.25, 0.3) is 11.0 Å². The van der Waals surface area contributed by atoms with Gasteiger partial charge >= 0.3 is 17.7 Å². The number of hydrogen-bond donors (Lipinski definition) is 1. The fraction of sp³-hybridized carbons (Fsp3) is 0.346. The Morgan fingerprint density at radius 2 is 1.82 bits per heavy atom. The van der Waals surface area contributed by atoms with Crippen molar-refractivity contribution in [1.82, 2.24) is 5.32 Å². The fourth-order valence-electron chi connectivity index (χ4n) is 3.45. The summed E-state index contributed by atoms with van der Waals surface area (Å²) in [5.41, 5.74) is 0.662. The van der Waals surface area contributed by atoms with E-state index in [1.165, 1.54) is 12.1 Å². The molecule has 180 valence electrons. The minimum absolute atomic E-state index is 0.0278. The molecule has 1 amide bonds. The summed E-state index contributed by atoms with van der Waals surface area (Å²) in [7, 11) is 0. The molecule has 34 heavy (non-hydrogen) atoms. The molecule has 0 aliphatic rings. The predicted molar refractivity (Wildman–Crippen MR) is 130 cm³/mol. The van der Waals surface area contributed by atoms with Crippen LogP contribution in [0.15, 0.2) is 57.7 Å². The smallest absolute Gasteiger partial charge is 0.408 e. The maximum absolute atomic E-state index is 13.1. The van der Waals surface area contributed by atoms with Gasteiger partial charge in [-0.05, 0) is 44.4 Å². The predicted octanol–water partition coefficient (Wildman–Crippen LogP) is 5.44. The molecule has 3 aromatic rings. The summed E-state index contributed by atoms with van der Waals surface area (Å²) in [5.74, 6) is -0.706. The second kappa shape index (κ2) is 10.7. The van der Waals surface area contributed by atoms with Crippen LogP contribution in [-0.2, 0) is 22.4 Å². The van der Waals surface area contributed by atoms with Crippen molar-refractivity contribution in [2.75, 3.05) is 0 Å². The lowest BCUT2D eigenvalue weighted by molar-refractivity contribution is -0.136. The topological polar surface area (TPSA) is 94.8 Å². The zero-order valence-electron chi connectivity index (χ0n) is 19.6. The average Bonchev–Trinajstić information content (AvgIpc) is 2.74. The largest absolute Gasteiger partial charge is 0.444 e. The average molecular weight is 486 g/mol. The maximum atomic E-state index is 13.1. The van der Waals surface area contributed by atoms with Crippen molar-refractivity contribution in [3.63, 3.8) is 0 Å². The van der Waals surface area contributed by atoms with Gasteiger partial charge in [-0.1, -0.05) is 55.3 Å². The van der Waals surface area contributed by atoms with E-state index < -0.39 is 29.3 Å². The molecule has 0 saturated heterocycles. The summed E-state index contributed by atoms with van der Waals surface area (Å²) in [4.78, 5) is 37.5. The van der Waals surface area contributed by atoms with Crippen molar-refractivity contribution in [1.29, 1.82) is 0 Å². The van der Waals surface area contributed by atoms with Crippen LogP contribution in [0.3, 0.4) is 0 Å². The summed E-state index contributed by atoms with van der Waals surface area (Å²) >= 11 is 6.41. The first-order valence-corrected chi connectivity index (χ1v) is 11.4. The first-order chi connectivity index (χ1) is 16.1. The van der Waals surface area contributed by atoms with Gasteiger partial charge in [0.2, 0.25) is 0 Å². The van der Waals surface area contributed by atoms with Gasteiger partial charge in [0.05, 0.1) is 5.02 Å². The van der Waals surface area contributed by atoms with Gasteiger partial charge in [0.25, 0.3) is 0 Å². The Labute approximate surface area is 203 Å². The van der Waals surface area contributed by atoms with E-state index in [0.717, 1.165) is 17.5 Å². The summed E-state index contributed by atoms with van der Waals surface area (Å²) in [6, 6.07) is 12.6. The molecule has 0 spiro atoms. The van der Waals surface area contributed by atoms with Gasteiger partial charge in [0, 0.05) is 23.9 Å². The molecule has 0 unspecified atom stereocenters. The van der Waals surface area contributed by atoms with Crippen LogP contribution >= 0.6 is 11.6 Å². The van der Waals surface area contributed by atoms with E-state index in [4.69, 9.17) is 25.5 Å². The molecule has 0 bridgehead atoms. The van der Waals surface area contributed by atoms with Crippen molar-refractivity contribution in [2.24, 2.45) is 0 Å². The highest BCUT2D eigenvalue weighted by atomic mass is 35.5. The van der Waals surface area contributed by atoms with Crippen LogP contribution in [0.2, 0.25) is 5.02 Å². The number of fused-ring (bicyclic) bond motifs is 1. The Morgan fingerprint density at radius 1 is 1.12 bits per heavy atom. The molecule has 1 heterocycles. The lowest BCUT2D eigenvalue weighted by Gasteiger charge is -2.23. The lowest BCUT2D eigenvalue weighted by Crippen LogP contribution is -2.46. The van der Waals surface area contributed by atoms with Crippen molar-refractivity contribution in [2.45, 2.75) is 58.6 Å². The van der Waals surface area contributed by atoms with Crippen molar-refractivity contribution in [3.05, 3.63) is 75.1 Å². The standard InChI is InChI=1S/C26H28ClNO6/c1-5-9-17-13-23(29)32-21-15-22(19(27)14-18(17)21)33-24(30)20(12-16-10-7-6-8-11-16)28-25(31)34-26(2,3)4/h6-8,10-11,13-15,20H,5,9,12H2,1-4H3,(H,28,31)/t20-/m1/s1. The molecular formula is C26H28ClNO6. The molecule has 8 heteroatoms. The molecule has 0 fully saturated rings. The molecule has 1 aromatic heterocycles. The van der Waals surface area contributed by atoms with Gasteiger partial charge in [0.15, 0.2) is 5.75 Å². The molecule has 2 aromatic carbocycles. The zero-order chi connectivity index (χ0) is 24.9. The monoisotopic (exact) mass is 485 g/mol. The number of rotatable bonds is 7. The van der Waals surface area contributed by atoms with E-state index in [0.29, 0.717) is 11.8 Å². The number of amides is 1. The van der Waals surface area contributed by atoms with Crippen LogP contribution in [0.5, 0.6) is 5.75 Å². The Kier molecular flexibility index (Phi) is 7.99. The summed E-state index contributed by atoms with van der Waals surface area (Å²) in [6.07, 6.45) is 0.950. The Hall–Kier alpha value is -3.32. The number of esters is 1. The van der Waals surface area contributed by atoms with Crippen LogP contribution in [0, 0.1) is 0 Å². The molecule has 0 aliphatic carbocycles. The summed E-state index contributed by atoms with van der Waals surface area (Å²) in [5, 5.41) is 3.44. The summed E-state index contributed by atoms with van der Waals surface area (Å²) < 4.78 is 16.2. The van der Waals surface area contributed by atoms with Crippen LogP contribution < -0.4 is 15.7 Å². The van der Waals surface area contributed by atoms with E-state index in [9.17, 15) is 14.4 Å². The van der Waals surface area contributed by atoms with E-state index in [1.807, 2.05) is 37.3 Å². The van der Waals surface area contributed by atoms with Gasteiger partial charge in [-0.25, -0.2) is 14.4 Å². The Bertz CT molecular complexity index is 1230. The first-order valence-electron chi connectivity index (χ1n) is 11.1. The highest BCUT2D eigenvalue weighted by molar-refractivity contribution is 6.33.